The summed E-state index contributed by atoms with van der Waals surface area (Å²) in [7, 11) is -2.91. The second-order valence-corrected chi connectivity index (χ2v) is 6.65. The summed E-state index contributed by atoms with van der Waals surface area (Å²) in [5, 5.41) is 2.78. The van der Waals surface area contributed by atoms with Gasteiger partial charge in [0.1, 0.15) is 21.3 Å². The lowest BCUT2D eigenvalue weighted by Gasteiger charge is -2.22. The fourth-order valence-electron chi connectivity index (χ4n) is 1.87. The van der Waals surface area contributed by atoms with Gasteiger partial charge >= 0.3 is 0 Å². The Bertz CT molecular complexity index is 542. The number of amides is 1. The maximum absolute atomic E-state index is 11.8. The van der Waals surface area contributed by atoms with E-state index in [1.54, 1.807) is 18.2 Å². The molecule has 1 aliphatic rings. The van der Waals surface area contributed by atoms with E-state index in [1.165, 1.54) is 0 Å². The van der Waals surface area contributed by atoms with Gasteiger partial charge in [-0.1, -0.05) is 6.07 Å². The quantitative estimate of drug-likeness (QED) is 0.785. The van der Waals surface area contributed by atoms with E-state index < -0.39 is 9.84 Å². The second kappa shape index (κ2) is 4.93. The first kappa shape index (κ1) is 12.8. The first-order valence-corrected chi connectivity index (χ1v) is 7.52. The van der Waals surface area contributed by atoms with Crippen molar-refractivity contribution in [3.05, 3.63) is 23.9 Å². The Morgan fingerprint density at radius 1 is 1.33 bits per heavy atom. The summed E-state index contributed by atoms with van der Waals surface area (Å²) in [6.07, 6.45) is 0.910. The fourth-order valence-corrected chi connectivity index (χ4v) is 3.36. The lowest BCUT2D eigenvalue weighted by atomic mass is 10.1. The number of carbonyl (C=O) groups excluding carboxylic acids is 1. The summed E-state index contributed by atoms with van der Waals surface area (Å²) in [6.45, 7) is 0. The summed E-state index contributed by atoms with van der Waals surface area (Å²) in [6, 6.07) is 4.72. The number of aromatic nitrogens is 1. The topological polar surface area (TPSA) is 102 Å². The molecule has 1 amide bonds. The van der Waals surface area contributed by atoms with E-state index in [1.807, 2.05) is 0 Å². The van der Waals surface area contributed by atoms with Crippen LogP contribution in [-0.2, 0) is 9.84 Å². The summed E-state index contributed by atoms with van der Waals surface area (Å²) in [5.41, 5.74) is 5.75. The van der Waals surface area contributed by atoms with Crippen molar-refractivity contribution in [1.82, 2.24) is 10.3 Å². The number of pyridine rings is 1. The average Bonchev–Trinajstić information content (AvgIpc) is 2.32. The van der Waals surface area contributed by atoms with Gasteiger partial charge in [-0.2, -0.15) is 0 Å². The van der Waals surface area contributed by atoms with Crippen molar-refractivity contribution in [1.29, 1.82) is 0 Å². The Labute approximate surface area is 106 Å². The molecular formula is C11H15N3O3S. The molecule has 0 spiro atoms. The van der Waals surface area contributed by atoms with Crippen LogP contribution in [0.15, 0.2) is 18.2 Å². The molecule has 2 rings (SSSR count). The highest BCUT2D eigenvalue weighted by Crippen LogP contribution is 2.12. The van der Waals surface area contributed by atoms with Gasteiger partial charge in [-0.25, -0.2) is 13.4 Å². The van der Waals surface area contributed by atoms with Crippen molar-refractivity contribution in [2.45, 2.75) is 18.9 Å². The molecule has 18 heavy (non-hydrogen) atoms. The molecule has 2 heterocycles. The highest BCUT2D eigenvalue weighted by molar-refractivity contribution is 7.91. The number of sulfone groups is 1. The number of nitrogens with two attached hydrogens (primary N) is 1. The number of anilines is 1. The standard InChI is InChI=1S/C11H15N3O3S/c12-10-3-1-2-9(14-10)11(15)13-8-4-6-18(16,17)7-5-8/h1-3,8H,4-7H2,(H2,12,14)(H,13,15). The van der Waals surface area contributed by atoms with Gasteiger partial charge in [-0.05, 0) is 25.0 Å². The van der Waals surface area contributed by atoms with Crippen molar-refractivity contribution >= 4 is 21.6 Å². The zero-order valence-electron chi connectivity index (χ0n) is 9.80. The smallest absolute Gasteiger partial charge is 0.270 e. The predicted octanol–water partition coefficient (Wildman–Crippen LogP) is -0.0292. The molecule has 1 aromatic rings. The number of nitrogens with one attached hydrogen (secondary N) is 1. The van der Waals surface area contributed by atoms with Crippen LogP contribution in [0.25, 0.3) is 0 Å². The molecule has 0 saturated carbocycles. The number of nitrogens with zero attached hydrogens (tertiary/aromatic N) is 1. The van der Waals surface area contributed by atoms with E-state index in [-0.39, 0.29) is 35.0 Å². The lowest BCUT2D eigenvalue weighted by molar-refractivity contribution is 0.0929. The van der Waals surface area contributed by atoms with Gasteiger partial charge in [-0.15, -0.1) is 0 Å². The van der Waals surface area contributed by atoms with Crippen LogP contribution in [0.2, 0.25) is 0 Å². The molecule has 0 atom stereocenters. The first-order valence-electron chi connectivity index (χ1n) is 5.70. The second-order valence-electron chi connectivity index (χ2n) is 4.35. The molecule has 1 fully saturated rings. The van der Waals surface area contributed by atoms with Crippen LogP contribution in [0.4, 0.5) is 5.82 Å². The Balaban J connectivity index is 1.97. The van der Waals surface area contributed by atoms with E-state index in [0.29, 0.717) is 12.8 Å². The summed E-state index contributed by atoms with van der Waals surface area (Å²) < 4.78 is 22.5. The normalized spacial score (nSPS) is 19.3. The number of carbonyl (C=O) groups is 1. The fraction of sp³-hybridized carbons (Fsp3) is 0.455. The van der Waals surface area contributed by atoms with Crippen LogP contribution in [0, 0.1) is 0 Å². The van der Waals surface area contributed by atoms with E-state index >= 15 is 0 Å². The molecule has 1 aliphatic heterocycles. The van der Waals surface area contributed by atoms with Crippen molar-refractivity contribution in [3.8, 4) is 0 Å². The summed E-state index contributed by atoms with van der Waals surface area (Å²) in [5.74, 6) is 0.227. The SMILES string of the molecule is Nc1cccc(C(=O)NC2CCS(=O)(=O)CC2)n1. The molecule has 1 aromatic heterocycles. The number of hydrogen-bond donors (Lipinski definition) is 2. The molecule has 98 valence electrons. The molecule has 6 nitrogen and oxygen atoms in total. The maximum atomic E-state index is 11.8. The molecular weight excluding hydrogens is 254 g/mol. The lowest BCUT2D eigenvalue weighted by Crippen LogP contribution is -2.41. The summed E-state index contributed by atoms with van der Waals surface area (Å²) >= 11 is 0. The van der Waals surface area contributed by atoms with Gasteiger partial charge in [0.05, 0.1) is 11.5 Å². The number of rotatable bonds is 2. The van der Waals surface area contributed by atoms with Gasteiger partial charge in [0.2, 0.25) is 0 Å². The van der Waals surface area contributed by atoms with Crippen LogP contribution < -0.4 is 11.1 Å². The zero-order chi connectivity index (χ0) is 13.2. The third kappa shape index (κ3) is 3.19. The Hall–Kier alpha value is -1.63. The van der Waals surface area contributed by atoms with Gasteiger partial charge in [0.25, 0.3) is 5.91 Å². The van der Waals surface area contributed by atoms with Crippen molar-refractivity contribution < 1.29 is 13.2 Å². The van der Waals surface area contributed by atoms with Crippen molar-refractivity contribution in [2.24, 2.45) is 0 Å². The molecule has 7 heteroatoms. The minimum Gasteiger partial charge on any atom is -0.384 e. The van der Waals surface area contributed by atoms with Crippen LogP contribution in [0.3, 0.4) is 0 Å². The van der Waals surface area contributed by atoms with Crippen molar-refractivity contribution in [2.75, 3.05) is 17.2 Å². The largest absolute Gasteiger partial charge is 0.384 e. The van der Waals surface area contributed by atoms with Crippen molar-refractivity contribution in [3.63, 3.8) is 0 Å². The predicted molar refractivity (Wildman–Crippen MR) is 67.8 cm³/mol. The molecule has 1 saturated heterocycles. The van der Waals surface area contributed by atoms with E-state index in [0.717, 1.165) is 0 Å². The molecule has 0 aromatic carbocycles. The molecule has 0 bridgehead atoms. The van der Waals surface area contributed by atoms with E-state index in [4.69, 9.17) is 5.73 Å². The first-order chi connectivity index (χ1) is 8.46. The van der Waals surface area contributed by atoms with Crippen LogP contribution >= 0.6 is 0 Å². The average molecular weight is 269 g/mol. The Morgan fingerprint density at radius 3 is 2.61 bits per heavy atom. The van der Waals surface area contributed by atoms with E-state index in [2.05, 4.69) is 10.3 Å². The molecule has 0 radical (unpaired) electrons. The highest BCUT2D eigenvalue weighted by Gasteiger charge is 2.25. The number of hydrogen-bond acceptors (Lipinski definition) is 5. The van der Waals surface area contributed by atoms with Crippen LogP contribution in [0.5, 0.6) is 0 Å². The summed E-state index contributed by atoms with van der Waals surface area (Å²) in [4.78, 5) is 15.8. The van der Waals surface area contributed by atoms with E-state index in [9.17, 15) is 13.2 Å². The van der Waals surface area contributed by atoms with Gasteiger partial charge in [0.15, 0.2) is 0 Å². The molecule has 0 aliphatic carbocycles. The zero-order valence-corrected chi connectivity index (χ0v) is 10.6. The van der Waals surface area contributed by atoms with Gasteiger partial charge < -0.3 is 11.1 Å². The maximum Gasteiger partial charge on any atom is 0.270 e. The Morgan fingerprint density at radius 2 is 2.00 bits per heavy atom. The van der Waals surface area contributed by atoms with Crippen LogP contribution in [-0.4, -0.2) is 36.9 Å². The van der Waals surface area contributed by atoms with Crippen LogP contribution in [0.1, 0.15) is 23.3 Å². The van der Waals surface area contributed by atoms with Gasteiger partial charge in [-0.3, -0.25) is 4.79 Å². The molecule has 0 unspecified atom stereocenters. The monoisotopic (exact) mass is 269 g/mol. The number of nitrogen functional groups attached to an aromatic ring is 1. The molecule has 3 N–H and O–H groups in total. The highest BCUT2D eigenvalue weighted by atomic mass is 32.2. The third-order valence-corrected chi connectivity index (χ3v) is 4.61. The minimum atomic E-state index is -2.91. The Kier molecular flexibility index (Phi) is 3.51. The minimum absolute atomic E-state index is 0.107. The van der Waals surface area contributed by atoms with Gasteiger partial charge in [0, 0.05) is 6.04 Å². The third-order valence-electron chi connectivity index (χ3n) is 2.89.